The van der Waals surface area contributed by atoms with E-state index in [1.165, 1.54) is 11.3 Å². The first kappa shape index (κ1) is 22.5. The zero-order chi connectivity index (χ0) is 23.5. The fourth-order valence-corrected chi connectivity index (χ4v) is 5.06. The number of amides is 1. The molecule has 1 atom stereocenters. The van der Waals surface area contributed by atoms with Gasteiger partial charge in [-0.05, 0) is 55.7 Å². The molecule has 1 aromatic carbocycles. The summed E-state index contributed by atoms with van der Waals surface area (Å²) in [5.41, 5.74) is 1.81. The maximum Gasteiger partial charge on any atom is 0.261 e. The summed E-state index contributed by atoms with van der Waals surface area (Å²) in [6.07, 6.45) is 6.69. The van der Waals surface area contributed by atoms with E-state index in [9.17, 15) is 4.79 Å². The molecular weight excluding hydrogens is 444 g/mol. The minimum atomic E-state index is 0.0374. The number of aromatic nitrogens is 4. The van der Waals surface area contributed by atoms with Gasteiger partial charge in [-0.3, -0.25) is 4.79 Å². The lowest BCUT2D eigenvalue weighted by molar-refractivity contribution is 0.0930. The predicted molar refractivity (Wildman–Crippen MR) is 137 cm³/mol. The van der Waals surface area contributed by atoms with Gasteiger partial charge in [0, 0.05) is 18.0 Å². The molecule has 0 spiro atoms. The molecule has 5 rings (SSSR count). The Bertz CT molecular complexity index is 1250. The van der Waals surface area contributed by atoms with Crippen molar-refractivity contribution in [1.29, 1.82) is 0 Å². The molecule has 1 aliphatic rings. The molecule has 176 valence electrons. The van der Waals surface area contributed by atoms with E-state index in [0.29, 0.717) is 6.04 Å². The highest BCUT2D eigenvalue weighted by molar-refractivity contribution is 7.12. The van der Waals surface area contributed by atoms with Crippen LogP contribution in [-0.4, -0.2) is 37.7 Å². The van der Waals surface area contributed by atoms with Crippen LogP contribution in [0.25, 0.3) is 16.7 Å². The molecular formula is C26H30N6OS. The monoisotopic (exact) mass is 474 g/mol. The van der Waals surface area contributed by atoms with Crippen LogP contribution in [0.5, 0.6) is 0 Å². The lowest BCUT2D eigenvalue weighted by Gasteiger charge is -2.30. The molecule has 1 amide bonds. The highest BCUT2D eigenvalue weighted by Gasteiger charge is 2.25. The van der Waals surface area contributed by atoms with Gasteiger partial charge in [-0.15, -0.1) is 11.3 Å². The fourth-order valence-electron chi connectivity index (χ4n) is 4.44. The normalized spacial score (nSPS) is 19.1. The van der Waals surface area contributed by atoms with Crippen molar-refractivity contribution < 1.29 is 4.79 Å². The van der Waals surface area contributed by atoms with Crippen LogP contribution in [0, 0.1) is 0 Å². The van der Waals surface area contributed by atoms with E-state index in [1.54, 1.807) is 0 Å². The predicted octanol–water partition coefficient (Wildman–Crippen LogP) is 5.54. The molecule has 0 radical (unpaired) electrons. The van der Waals surface area contributed by atoms with Crippen molar-refractivity contribution in [3.05, 3.63) is 64.7 Å². The van der Waals surface area contributed by atoms with Crippen LogP contribution < -0.4 is 10.6 Å². The topological polar surface area (TPSA) is 84.7 Å². The van der Waals surface area contributed by atoms with Crippen LogP contribution >= 0.6 is 11.3 Å². The van der Waals surface area contributed by atoms with E-state index in [-0.39, 0.29) is 17.9 Å². The van der Waals surface area contributed by atoms with Crippen molar-refractivity contribution >= 4 is 34.1 Å². The fraction of sp³-hybridized carbons (Fsp3) is 0.385. The average molecular weight is 475 g/mol. The Balaban J connectivity index is 1.34. The largest absolute Gasteiger partial charge is 0.367 e. The molecule has 1 aliphatic carbocycles. The average Bonchev–Trinajstić information content (AvgIpc) is 3.56. The smallest absolute Gasteiger partial charge is 0.261 e. The Hall–Kier alpha value is -3.26. The summed E-state index contributed by atoms with van der Waals surface area (Å²) in [6.45, 7) is 4.32. The molecule has 0 bridgehead atoms. The molecule has 0 saturated heterocycles. The molecule has 0 unspecified atom stereocenters. The van der Waals surface area contributed by atoms with Gasteiger partial charge in [-0.25, -0.2) is 14.6 Å². The van der Waals surface area contributed by atoms with E-state index in [1.807, 2.05) is 58.7 Å². The van der Waals surface area contributed by atoms with Gasteiger partial charge < -0.3 is 10.6 Å². The Kier molecular flexibility index (Phi) is 6.58. The molecule has 2 N–H and O–H groups in total. The number of hydrogen-bond acceptors (Lipinski definition) is 6. The van der Waals surface area contributed by atoms with Crippen molar-refractivity contribution in [1.82, 2.24) is 25.1 Å². The van der Waals surface area contributed by atoms with E-state index in [4.69, 9.17) is 9.97 Å². The molecule has 8 heteroatoms. The Morgan fingerprint density at radius 2 is 1.85 bits per heavy atom. The number of carbonyl (C=O) groups is 1. The van der Waals surface area contributed by atoms with Gasteiger partial charge >= 0.3 is 0 Å². The van der Waals surface area contributed by atoms with E-state index in [2.05, 4.69) is 29.6 Å². The second kappa shape index (κ2) is 9.93. The third-order valence-electron chi connectivity index (χ3n) is 6.65. The van der Waals surface area contributed by atoms with Crippen LogP contribution in [0.2, 0.25) is 0 Å². The number of anilines is 1. The highest BCUT2D eigenvalue weighted by Crippen LogP contribution is 2.29. The minimum Gasteiger partial charge on any atom is -0.367 e. The molecule has 7 nitrogen and oxygen atoms in total. The summed E-state index contributed by atoms with van der Waals surface area (Å²) >= 11 is 1.48. The summed E-state index contributed by atoms with van der Waals surface area (Å²) in [4.78, 5) is 23.0. The third-order valence-corrected chi connectivity index (χ3v) is 7.52. The van der Waals surface area contributed by atoms with E-state index >= 15 is 0 Å². The second-order valence-electron chi connectivity index (χ2n) is 9.01. The number of nitrogens with zero attached hydrogens (tertiary/aromatic N) is 4. The Morgan fingerprint density at radius 1 is 1.09 bits per heavy atom. The number of benzene rings is 1. The number of rotatable bonds is 7. The molecule has 1 saturated carbocycles. The molecule has 3 heterocycles. The Labute approximate surface area is 203 Å². The van der Waals surface area contributed by atoms with Crippen LogP contribution in [0.4, 0.5) is 5.82 Å². The second-order valence-corrected chi connectivity index (χ2v) is 9.96. The van der Waals surface area contributed by atoms with Crippen molar-refractivity contribution in [2.75, 3.05) is 5.32 Å². The summed E-state index contributed by atoms with van der Waals surface area (Å²) in [5.74, 6) is 1.99. The first-order valence-corrected chi connectivity index (χ1v) is 12.9. The number of fused-ring (bicyclic) bond motifs is 1. The van der Waals surface area contributed by atoms with Gasteiger partial charge in [0.1, 0.15) is 11.6 Å². The summed E-state index contributed by atoms with van der Waals surface area (Å²) in [6, 6.07) is 14.4. The minimum absolute atomic E-state index is 0.0374. The SMILES string of the molecule is CC[C@H](C)c1nc(NC2CCC(NC(=O)c3cccs3)CC2)c2cnn(-c3ccccc3)c2n1. The molecule has 4 aromatic rings. The van der Waals surface area contributed by atoms with Crippen molar-refractivity contribution in [3.8, 4) is 5.69 Å². The highest BCUT2D eigenvalue weighted by atomic mass is 32.1. The van der Waals surface area contributed by atoms with Gasteiger partial charge in [0.2, 0.25) is 0 Å². The molecule has 34 heavy (non-hydrogen) atoms. The number of carbonyl (C=O) groups excluding carboxylic acids is 1. The van der Waals surface area contributed by atoms with Crippen molar-refractivity contribution in [2.45, 2.75) is 64.0 Å². The lowest BCUT2D eigenvalue weighted by atomic mass is 9.91. The van der Waals surface area contributed by atoms with Gasteiger partial charge in [0.05, 0.1) is 22.1 Å². The van der Waals surface area contributed by atoms with Gasteiger partial charge in [0.25, 0.3) is 5.91 Å². The lowest BCUT2D eigenvalue weighted by Crippen LogP contribution is -2.40. The quantitative estimate of drug-likeness (QED) is 0.367. The summed E-state index contributed by atoms with van der Waals surface area (Å²) in [7, 11) is 0. The zero-order valence-corrected chi connectivity index (χ0v) is 20.4. The van der Waals surface area contributed by atoms with Crippen molar-refractivity contribution in [3.63, 3.8) is 0 Å². The van der Waals surface area contributed by atoms with Gasteiger partial charge in [0.15, 0.2) is 5.65 Å². The molecule has 0 aliphatic heterocycles. The maximum absolute atomic E-state index is 12.4. The van der Waals surface area contributed by atoms with Crippen LogP contribution in [0.1, 0.15) is 67.4 Å². The number of nitrogens with one attached hydrogen (secondary N) is 2. The summed E-state index contributed by atoms with van der Waals surface area (Å²) < 4.78 is 1.89. The summed E-state index contributed by atoms with van der Waals surface area (Å²) in [5, 5.41) is 14.4. The standard InChI is InChI=1S/C26H30N6OS/c1-3-17(2)23-30-24(21-16-27-32(25(21)31-23)20-8-5-4-6-9-20)28-18-11-13-19(14-12-18)29-26(33)22-10-7-15-34-22/h4-10,15-19H,3,11-14H2,1-2H3,(H,29,33)(H,28,30,31)/t17-,18?,19?/m0/s1. The third kappa shape index (κ3) is 4.68. The number of thiophene rings is 1. The zero-order valence-electron chi connectivity index (χ0n) is 19.6. The van der Waals surface area contributed by atoms with E-state index < -0.39 is 0 Å². The first-order chi connectivity index (χ1) is 16.6. The van der Waals surface area contributed by atoms with Gasteiger partial charge in [-0.1, -0.05) is 38.1 Å². The molecule has 1 fully saturated rings. The van der Waals surface area contributed by atoms with E-state index in [0.717, 1.165) is 65.3 Å². The number of para-hydroxylation sites is 1. The number of hydrogen-bond donors (Lipinski definition) is 2. The van der Waals surface area contributed by atoms with Crippen molar-refractivity contribution in [2.24, 2.45) is 0 Å². The Morgan fingerprint density at radius 3 is 2.56 bits per heavy atom. The van der Waals surface area contributed by atoms with Crippen LogP contribution in [0.15, 0.2) is 54.0 Å². The van der Waals surface area contributed by atoms with Gasteiger partial charge in [-0.2, -0.15) is 5.10 Å². The maximum atomic E-state index is 12.4. The van der Waals surface area contributed by atoms with Crippen LogP contribution in [-0.2, 0) is 0 Å². The molecule has 3 aromatic heterocycles. The first-order valence-electron chi connectivity index (χ1n) is 12.0. The van der Waals surface area contributed by atoms with Crippen LogP contribution in [0.3, 0.4) is 0 Å².